The predicted octanol–water partition coefficient (Wildman–Crippen LogP) is 1.64. The van der Waals surface area contributed by atoms with Gasteiger partial charge in [0.15, 0.2) is 5.78 Å². The first-order valence-electron chi connectivity index (χ1n) is 5.30. The lowest BCUT2D eigenvalue weighted by Crippen LogP contribution is -2.37. The van der Waals surface area contributed by atoms with Crippen LogP contribution in [0.2, 0.25) is 0 Å². The van der Waals surface area contributed by atoms with Gasteiger partial charge < -0.3 is 4.90 Å². The van der Waals surface area contributed by atoms with Gasteiger partial charge in [-0.3, -0.25) is 9.59 Å². The number of fused-ring (bicyclic) bond motifs is 1. The maximum atomic E-state index is 11.8. The van der Waals surface area contributed by atoms with Gasteiger partial charge in [-0.15, -0.1) is 0 Å². The lowest BCUT2D eigenvalue weighted by atomic mass is 10.0. The number of carbonyl (C=O) groups is 2. The molecule has 4 heteroatoms. The number of amides is 1. The number of hydrogen-bond acceptors (Lipinski definition) is 3. The molecule has 0 aromatic carbocycles. The standard InChI is InChI=1S/C12H14N2O2/c1-7-6-8(2)13-11-10(16)4-5-14(9(3)15)12(7)11/h6H,4-5H2,1-3H3. The van der Waals surface area contributed by atoms with E-state index in [1.165, 1.54) is 6.92 Å². The van der Waals surface area contributed by atoms with E-state index in [2.05, 4.69) is 4.98 Å². The molecule has 1 aliphatic rings. The molecule has 0 aliphatic carbocycles. The maximum Gasteiger partial charge on any atom is 0.223 e. The highest BCUT2D eigenvalue weighted by atomic mass is 16.2. The molecule has 0 radical (unpaired) electrons. The SMILES string of the molecule is CC(=O)N1CCC(=O)c2nc(C)cc(C)c21. The van der Waals surface area contributed by atoms with Crippen LogP contribution in [0.4, 0.5) is 5.69 Å². The van der Waals surface area contributed by atoms with Crippen molar-refractivity contribution >= 4 is 17.4 Å². The number of rotatable bonds is 0. The molecule has 0 unspecified atom stereocenters. The molecule has 16 heavy (non-hydrogen) atoms. The zero-order valence-corrected chi connectivity index (χ0v) is 9.70. The molecule has 0 saturated heterocycles. The molecule has 4 nitrogen and oxygen atoms in total. The molecule has 1 aliphatic heterocycles. The number of pyridine rings is 1. The highest BCUT2D eigenvalue weighted by Crippen LogP contribution is 2.29. The van der Waals surface area contributed by atoms with Crippen LogP contribution in [0, 0.1) is 13.8 Å². The summed E-state index contributed by atoms with van der Waals surface area (Å²) in [5, 5.41) is 0. The van der Waals surface area contributed by atoms with E-state index in [-0.39, 0.29) is 11.7 Å². The fourth-order valence-corrected chi connectivity index (χ4v) is 2.12. The molecule has 2 heterocycles. The van der Waals surface area contributed by atoms with E-state index in [1.54, 1.807) is 4.90 Å². The molecule has 1 aromatic rings. The Hall–Kier alpha value is -1.71. The lowest BCUT2D eigenvalue weighted by Gasteiger charge is -2.28. The van der Waals surface area contributed by atoms with Gasteiger partial charge in [-0.05, 0) is 25.5 Å². The number of hydrogen-bond donors (Lipinski definition) is 0. The summed E-state index contributed by atoms with van der Waals surface area (Å²) in [6.45, 7) is 5.74. The van der Waals surface area contributed by atoms with Gasteiger partial charge in [0.05, 0.1) is 5.69 Å². The van der Waals surface area contributed by atoms with Gasteiger partial charge in [-0.2, -0.15) is 0 Å². The van der Waals surface area contributed by atoms with E-state index in [4.69, 9.17) is 0 Å². The summed E-state index contributed by atoms with van der Waals surface area (Å²) in [6, 6.07) is 1.90. The monoisotopic (exact) mass is 218 g/mol. The van der Waals surface area contributed by atoms with Crippen molar-refractivity contribution in [2.45, 2.75) is 27.2 Å². The lowest BCUT2D eigenvalue weighted by molar-refractivity contribution is -0.116. The zero-order valence-electron chi connectivity index (χ0n) is 9.70. The number of aromatic nitrogens is 1. The van der Waals surface area contributed by atoms with Gasteiger partial charge >= 0.3 is 0 Å². The van der Waals surface area contributed by atoms with Crippen molar-refractivity contribution < 1.29 is 9.59 Å². The van der Waals surface area contributed by atoms with Crippen LogP contribution in [0.5, 0.6) is 0 Å². The fourth-order valence-electron chi connectivity index (χ4n) is 2.12. The third-order valence-electron chi connectivity index (χ3n) is 2.79. The van der Waals surface area contributed by atoms with E-state index in [0.29, 0.717) is 24.3 Å². The summed E-state index contributed by atoms with van der Waals surface area (Å²) >= 11 is 0. The first-order chi connectivity index (χ1) is 7.50. The first kappa shape index (κ1) is 10.8. The smallest absolute Gasteiger partial charge is 0.223 e. The van der Waals surface area contributed by atoms with E-state index < -0.39 is 0 Å². The van der Waals surface area contributed by atoms with Crippen molar-refractivity contribution in [1.82, 2.24) is 4.98 Å². The van der Waals surface area contributed by atoms with E-state index in [9.17, 15) is 9.59 Å². The van der Waals surface area contributed by atoms with Crippen LogP contribution in [0.3, 0.4) is 0 Å². The Morgan fingerprint density at radius 3 is 2.75 bits per heavy atom. The van der Waals surface area contributed by atoms with Gasteiger partial charge in [0.25, 0.3) is 0 Å². The number of Topliss-reactive ketones (excluding diaryl/α,β-unsaturated/α-hetero) is 1. The van der Waals surface area contributed by atoms with Gasteiger partial charge in [0.1, 0.15) is 5.69 Å². The van der Waals surface area contributed by atoms with Gasteiger partial charge in [0.2, 0.25) is 5.91 Å². The summed E-state index contributed by atoms with van der Waals surface area (Å²) < 4.78 is 0. The molecular formula is C12H14N2O2. The first-order valence-corrected chi connectivity index (χ1v) is 5.30. The number of carbonyl (C=O) groups excluding carboxylic acids is 2. The number of anilines is 1. The van der Waals surface area contributed by atoms with Crippen molar-refractivity contribution in [3.8, 4) is 0 Å². The molecular weight excluding hydrogens is 204 g/mol. The predicted molar refractivity (Wildman–Crippen MR) is 60.7 cm³/mol. The summed E-state index contributed by atoms with van der Waals surface area (Å²) in [6.07, 6.45) is 0.364. The minimum Gasteiger partial charge on any atom is -0.310 e. The molecule has 0 N–H and O–H groups in total. The van der Waals surface area contributed by atoms with Crippen molar-refractivity contribution in [3.05, 3.63) is 23.0 Å². The molecule has 2 rings (SSSR count). The molecule has 1 aromatic heterocycles. The minimum absolute atomic E-state index is 0.0271. The Kier molecular flexibility index (Phi) is 2.50. The Balaban J connectivity index is 2.65. The third kappa shape index (κ3) is 1.60. The fraction of sp³-hybridized carbons (Fsp3) is 0.417. The van der Waals surface area contributed by atoms with Crippen LogP contribution in [-0.4, -0.2) is 23.2 Å². The summed E-state index contributed by atoms with van der Waals surface area (Å²) in [5.41, 5.74) is 2.88. The van der Waals surface area contributed by atoms with Crippen molar-refractivity contribution in [1.29, 1.82) is 0 Å². The number of nitrogens with zero attached hydrogens (tertiary/aromatic N) is 2. The highest BCUT2D eigenvalue weighted by Gasteiger charge is 2.28. The second kappa shape index (κ2) is 3.70. The maximum absolute atomic E-state index is 11.8. The average molecular weight is 218 g/mol. The Morgan fingerprint density at radius 2 is 2.12 bits per heavy atom. The zero-order chi connectivity index (χ0) is 11.9. The molecule has 0 bridgehead atoms. The molecule has 0 fully saturated rings. The normalized spacial score (nSPS) is 14.9. The number of aryl methyl sites for hydroxylation is 2. The molecule has 0 spiro atoms. The van der Waals surface area contributed by atoms with Crippen LogP contribution in [-0.2, 0) is 4.79 Å². The molecule has 0 saturated carbocycles. The Bertz CT molecular complexity index is 480. The van der Waals surface area contributed by atoms with Gasteiger partial charge in [-0.25, -0.2) is 4.98 Å². The van der Waals surface area contributed by atoms with Crippen LogP contribution >= 0.6 is 0 Å². The quantitative estimate of drug-likeness (QED) is 0.665. The topological polar surface area (TPSA) is 50.3 Å². The van der Waals surface area contributed by atoms with Crippen LogP contribution in [0.15, 0.2) is 6.07 Å². The Morgan fingerprint density at radius 1 is 1.44 bits per heavy atom. The average Bonchev–Trinajstić information content (AvgIpc) is 2.19. The molecule has 0 atom stereocenters. The van der Waals surface area contributed by atoms with Crippen LogP contribution in [0.1, 0.15) is 35.1 Å². The van der Waals surface area contributed by atoms with Crippen molar-refractivity contribution in [2.24, 2.45) is 0 Å². The number of ketones is 1. The molecule has 84 valence electrons. The van der Waals surface area contributed by atoms with Crippen molar-refractivity contribution in [3.63, 3.8) is 0 Å². The Labute approximate surface area is 94.3 Å². The summed E-state index contributed by atoms with van der Waals surface area (Å²) in [7, 11) is 0. The van der Waals surface area contributed by atoms with E-state index >= 15 is 0 Å². The summed E-state index contributed by atoms with van der Waals surface area (Å²) in [5.74, 6) is -0.0122. The van der Waals surface area contributed by atoms with Crippen LogP contribution in [0.25, 0.3) is 0 Å². The second-order valence-corrected chi connectivity index (χ2v) is 4.12. The van der Waals surface area contributed by atoms with E-state index in [1.807, 2.05) is 19.9 Å². The highest BCUT2D eigenvalue weighted by molar-refractivity contribution is 6.07. The van der Waals surface area contributed by atoms with Gasteiger partial charge in [-0.1, -0.05) is 0 Å². The largest absolute Gasteiger partial charge is 0.310 e. The van der Waals surface area contributed by atoms with Crippen LogP contribution < -0.4 is 4.90 Å². The molecule has 1 amide bonds. The van der Waals surface area contributed by atoms with Crippen molar-refractivity contribution in [2.75, 3.05) is 11.4 Å². The minimum atomic E-state index is -0.0393. The second-order valence-electron chi connectivity index (χ2n) is 4.12. The third-order valence-corrected chi connectivity index (χ3v) is 2.79. The van der Waals surface area contributed by atoms with E-state index in [0.717, 1.165) is 11.3 Å². The van der Waals surface area contributed by atoms with Gasteiger partial charge in [0, 0.05) is 25.6 Å². The summed E-state index contributed by atoms with van der Waals surface area (Å²) in [4.78, 5) is 29.1.